The first-order valence-electron chi connectivity index (χ1n) is 45.5. The molecule has 1 amide bonds. The number of pyridine rings is 1. The van der Waals surface area contributed by atoms with Crippen LogP contribution in [-0.4, -0.2) is 159 Å². The first-order valence-corrected chi connectivity index (χ1v) is 45.5. The number of nitro benzene ring substituents is 5. The number of carbonyl (C=O) groups is 3. The van der Waals surface area contributed by atoms with E-state index in [-0.39, 0.29) is 75.8 Å². The van der Waals surface area contributed by atoms with E-state index >= 15 is 0 Å². The number of likely N-dealkylation sites (N-methyl/N-ethyl adjacent to an activating group) is 2. The summed E-state index contributed by atoms with van der Waals surface area (Å²) in [7, 11) is 5.63. The van der Waals surface area contributed by atoms with Gasteiger partial charge in [-0.2, -0.15) is 24.3 Å². The van der Waals surface area contributed by atoms with Crippen LogP contribution in [0.3, 0.4) is 0 Å². The number of ether oxygens (including phenoxy) is 2. The summed E-state index contributed by atoms with van der Waals surface area (Å²) in [6.45, 7) is 22.8. The third-order valence-corrected chi connectivity index (χ3v) is 26.8. The van der Waals surface area contributed by atoms with E-state index in [0.717, 1.165) is 94.6 Å². The Morgan fingerprint density at radius 1 is 0.683 bits per heavy atom. The van der Waals surface area contributed by atoms with E-state index in [4.69, 9.17) is 20.0 Å². The number of nitriles is 2. The Kier molecular flexibility index (Phi) is 35.1. The van der Waals surface area contributed by atoms with Gasteiger partial charge in [-0.25, -0.2) is 30.7 Å². The number of likely N-dealkylation sites (tertiary alicyclic amines) is 2. The average Bonchev–Trinajstić information content (AvgIpc) is 1.50. The highest BCUT2D eigenvalue weighted by Crippen LogP contribution is 2.63. The smallest absolute Gasteiger partial charge is 0.306 e. The average molecular weight is 1940 g/mol. The second kappa shape index (κ2) is 45.5. The van der Waals surface area contributed by atoms with Gasteiger partial charge in [-0.05, 0) is 191 Å². The number of fused-ring (bicyclic) bond motifs is 5. The Morgan fingerprint density at radius 2 is 1.28 bits per heavy atom. The van der Waals surface area contributed by atoms with Crippen LogP contribution in [0.4, 0.5) is 73.6 Å². The van der Waals surface area contributed by atoms with Crippen LogP contribution in [0.5, 0.6) is 23.0 Å². The molecule has 4 aliphatic heterocycles. The molecule has 6 aromatic carbocycles. The molecule has 3 unspecified atom stereocenters. The number of aliphatic hydroxyl groups excluding tert-OH is 1. The van der Waals surface area contributed by atoms with Crippen molar-refractivity contribution in [2.75, 3.05) is 52.6 Å². The minimum atomic E-state index is -2.12. The number of non-ortho nitro benzene ring substituents is 2. The van der Waals surface area contributed by atoms with E-state index in [0.29, 0.717) is 89.8 Å². The first-order chi connectivity index (χ1) is 65.8. The summed E-state index contributed by atoms with van der Waals surface area (Å²) in [5, 5.41) is 105. The van der Waals surface area contributed by atoms with Gasteiger partial charge in [-0.3, -0.25) is 65.0 Å². The number of ketones is 2. The lowest BCUT2D eigenvalue weighted by Crippen LogP contribution is -2.64. The fourth-order valence-corrected chi connectivity index (χ4v) is 20.0. The van der Waals surface area contributed by atoms with Gasteiger partial charge in [0.25, 0.3) is 29.0 Å². The molecule has 9 aliphatic rings. The number of unbranched alkanes of at least 4 members (excludes halogenated alkanes) is 2. The molecule has 40 heteroatoms. The molecule has 5 N–H and O–H groups in total. The van der Waals surface area contributed by atoms with E-state index in [9.17, 15) is 120 Å². The number of benzene rings is 6. The molecular formula is C99H108F9N13O18. The van der Waals surface area contributed by atoms with E-state index in [2.05, 4.69) is 123 Å². The molecule has 2 aromatic heterocycles. The van der Waals surface area contributed by atoms with Crippen molar-refractivity contribution in [3.8, 4) is 35.1 Å². The van der Waals surface area contributed by atoms with E-state index in [1.165, 1.54) is 96.6 Å². The number of phenolic OH excluding ortho intramolecular Hbond substituents is 2. The second-order valence-corrected chi connectivity index (χ2v) is 35.4. The molecule has 0 saturated carbocycles. The van der Waals surface area contributed by atoms with E-state index < -0.39 is 123 Å². The Morgan fingerprint density at radius 3 is 1.84 bits per heavy atom. The highest BCUT2D eigenvalue weighted by Gasteiger charge is 2.64. The van der Waals surface area contributed by atoms with Crippen molar-refractivity contribution < 1.29 is 103 Å². The summed E-state index contributed by atoms with van der Waals surface area (Å²) < 4.78 is 125. The largest absolute Gasteiger partial charge is 0.507 e. The number of Topliss-reactive ketones (excluding diaryl/α,β-unsaturated/α-hetero) is 1. The van der Waals surface area contributed by atoms with Crippen molar-refractivity contribution in [2.24, 2.45) is 17.8 Å². The zero-order valence-corrected chi connectivity index (χ0v) is 78.7. The molecule has 31 nitrogen and oxygen atoms in total. The second-order valence-electron chi connectivity index (χ2n) is 35.4. The number of aromatic amines is 1. The van der Waals surface area contributed by atoms with Gasteiger partial charge in [-0.1, -0.05) is 95.9 Å². The lowest BCUT2D eigenvalue weighted by molar-refractivity contribution is -0.401. The minimum Gasteiger partial charge on any atom is -0.507 e. The van der Waals surface area contributed by atoms with E-state index in [1.54, 1.807) is 25.1 Å². The molecule has 10 atom stereocenters. The number of nitrogens with zero attached hydrogens (tertiary/aromatic N) is 11. The summed E-state index contributed by atoms with van der Waals surface area (Å²) >= 11 is 0. The standard InChI is InChI=1S/C21H30O2.C20H27N3O.C17H19NO3.C11H8N2O2.C8H5F5.C8H8N2O4.C7H5F4N.C7H6N4O6/c1-5-6-7-8-15-12-18(22)20-16-11-14(2)9-10-17(16)21(3,4)23-19(20)13-15;1-4-23(5-2)20(24)14-9-16-15-7-6-8-17-19(15)13(11-21-17)10-18(16)22(3)12-14;1-18-7-6-17-10-3-5-13(20)16(17)21-15-12(19)4-2-9(14(15)17)8-11(10)18;1-2-3-7-4-10(14)8(5-12)9(6-13)11(7)15;1-2-3-4(9)6(11)8(13)7(12)5(3)10;1-2-6-3-4-7(9(11)12)5-8(6)10(13)14;1-2-3-4(8)6(10)12-7(11)5(3)9;1-8-7-5(10(14)15)2-4(9(12)13)3-6(7)11(16)17/h11-13,16-17,22H,5-10H2,1-4H3;6-8,11,14,16,18,21H,4-5,9-10,12H2,1-3H3;2-5,10-11,13,16,19-20H,6-8H2,1H3;4H,2-3H2,1H3;2H2,1H3;3-5H,2H2,1H3;2H2,1H3;2-3,8H,1H3/t;14-,16?,18-;10-,11+,13-,16-,17-;;;;;/m.10...../s1. The lowest BCUT2D eigenvalue weighted by atomic mass is 9.53. The number of aryl methyl sites for hydroxylation is 2. The van der Waals surface area contributed by atoms with Gasteiger partial charge in [0.2, 0.25) is 17.5 Å². The maximum absolute atomic E-state index is 12.9. The fourth-order valence-electron chi connectivity index (χ4n) is 20.0. The summed E-state index contributed by atoms with van der Waals surface area (Å²) in [5.41, 5.74) is 5.65. The summed E-state index contributed by atoms with van der Waals surface area (Å²) in [6, 6.07) is 23.7. The number of hydrogen-bond acceptors (Lipinski definition) is 24. The quantitative estimate of drug-likeness (QED) is 0.00613. The van der Waals surface area contributed by atoms with Crippen molar-refractivity contribution in [1.82, 2.24) is 24.7 Å². The number of amides is 1. The minimum absolute atomic E-state index is 0.117. The molecule has 5 aliphatic carbocycles. The Balaban J connectivity index is 0.000000166. The van der Waals surface area contributed by atoms with Crippen LogP contribution >= 0.6 is 0 Å². The third kappa shape index (κ3) is 22.3. The molecule has 0 radical (unpaired) electrons. The number of aliphatic hydroxyl groups is 1. The summed E-state index contributed by atoms with van der Waals surface area (Å²) in [6.07, 6.45) is 21.1. The third-order valence-electron chi connectivity index (χ3n) is 26.8. The maximum atomic E-state index is 12.9. The zero-order valence-electron chi connectivity index (χ0n) is 78.7. The van der Waals surface area contributed by atoms with Crippen LogP contribution in [0.2, 0.25) is 0 Å². The number of rotatable bonds is 18. The number of aromatic hydroxyl groups is 2. The van der Waals surface area contributed by atoms with Crippen LogP contribution in [-0.2, 0) is 58.3 Å². The van der Waals surface area contributed by atoms with Crippen LogP contribution in [0, 0.1) is 144 Å². The van der Waals surface area contributed by atoms with Gasteiger partial charge < -0.3 is 49.8 Å². The van der Waals surface area contributed by atoms with Crippen LogP contribution < -0.4 is 14.8 Å². The monoisotopic (exact) mass is 1940 g/mol. The number of halogens is 9. The highest BCUT2D eigenvalue weighted by atomic mass is 19.2. The first kappa shape index (κ1) is 107. The normalized spacial score (nSPS) is 20.9. The van der Waals surface area contributed by atoms with Crippen molar-refractivity contribution in [3.05, 3.63) is 279 Å². The van der Waals surface area contributed by atoms with Crippen molar-refractivity contribution >= 4 is 62.5 Å². The predicted octanol–water partition coefficient (Wildman–Crippen LogP) is 19.8. The molecular weight excluding hydrogens is 1830 g/mol. The van der Waals surface area contributed by atoms with Gasteiger partial charge in [0, 0.05) is 124 Å². The predicted molar refractivity (Wildman–Crippen MR) is 495 cm³/mol. The fraction of sp³-hybridized carbons (Fsp3) is 0.434. The number of piperidine rings is 2. The van der Waals surface area contributed by atoms with E-state index in [1.807, 2.05) is 30.0 Å². The van der Waals surface area contributed by atoms with Gasteiger partial charge in [0.1, 0.15) is 52.6 Å². The Bertz CT molecular complexity index is 6240. The van der Waals surface area contributed by atoms with Crippen LogP contribution in [0.25, 0.3) is 10.9 Å². The SMILES string of the molecule is CCCC1=CC(=O)C(C#N)=C(C#N)C1=O.CCCCCc1cc(O)c2c(c1)OC(C)(C)C1CCC(C)=CC21.CCN(CC)C(=O)[C@@H]1CC2c3cccc4[nH]cc(c34)C[C@H]2N(C)C1.CCc1c(F)c(F)c(F)c(F)c1F.CCc1c(F)c(F)nc(F)c1F.CCc1ccc([N+](=O)[O-])cc1[N+](=O)[O-].CN1CC[C@]23c4c5ccc(O)c4O[C@H]2[C@@H](O)C=C[C@H]3[C@H]1C5.CNc1c([N+](=O)[O-])cc([N+](=O)[O-])cc1[N+](=O)[O-]. The molecule has 2 fully saturated rings. The molecule has 2 saturated heterocycles. The number of phenols is 2. The number of aromatic nitrogens is 2. The lowest BCUT2D eigenvalue weighted by Gasteiger charge is -2.56. The molecule has 139 heavy (non-hydrogen) atoms. The van der Waals surface area contributed by atoms with Crippen molar-refractivity contribution in [1.29, 1.82) is 10.5 Å². The molecule has 8 aromatic rings. The molecule has 740 valence electrons. The van der Waals surface area contributed by atoms with Crippen LogP contribution in [0.15, 0.2) is 126 Å². The Hall–Kier alpha value is -14.0. The van der Waals surface area contributed by atoms with Gasteiger partial charge in [0.05, 0.1) is 48.7 Å². The number of hydrogen-bond donors (Lipinski definition) is 5. The Labute approximate surface area is 794 Å². The van der Waals surface area contributed by atoms with Crippen molar-refractivity contribution in [2.45, 2.75) is 213 Å². The zero-order chi connectivity index (χ0) is 103. The molecule has 6 heterocycles. The number of allylic oxidation sites excluding steroid dienone is 6. The van der Waals surface area contributed by atoms with Gasteiger partial charge in [-0.15, -0.1) is 0 Å². The summed E-state index contributed by atoms with van der Waals surface area (Å²) in [5.74, 6) is -12.4. The number of nitrogens with one attached hydrogen (secondary N) is 2. The number of H-pyrrole nitrogens is 1. The summed E-state index contributed by atoms with van der Waals surface area (Å²) in [4.78, 5) is 97.2. The highest BCUT2D eigenvalue weighted by molar-refractivity contribution is 6.26. The van der Waals surface area contributed by atoms with Crippen molar-refractivity contribution in [3.63, 3.8) is 0 Å². The molecule has 1 spiro atoms. The van der Waals surface area contributed by atoms with Gasteiger partial charge >= 0.3 is 11.4 Å². The number of anilines is 1. The topological polar surface area (TPSA) is 444 Å². The van der Waals surface area contributed by atoms with Crippen LogP contribution in [0.1, 0.15) is 189 Å². The number of carbonyl (C=O) groups excluding carboxylic acids is 3. The molecule has 17 rings (SSSR count). The van der Waals surface area contributed by atoms with Gasteiger partial charge in [0.15, 0.2) is 57.9 Å². The maximum Gasteiger partial charge on any atom is 0.306 e. The number of nitro groups is 5. The molecule has 2 bridgehead atoms.